The van der Waals surface area contributed by atoms with Crippen LogP contribution in [0.1, 0.15) is 11.1 Å². The van der Waals surface area contributed by atoms with Gasteiger partial charge in [-0.05, 0) is 47.0 Å². The number of hydrogen-bond donors (Lipinski definition) is 1. The molecule has 0 aromatic heterocycles. The van der Waals surface area contributed by atoms with E-state index in [1.807, 2.05) is 36.4 Å². The van der Waals surface area contributed by atoms with Crippen molar-refractivity contribution in [3.63, 3.8) is 0 Å². The van der Waals surface area contributed by atoms with E-state index in [4.69, 9.17) is 21.4 Å². The van der Waals surface area contributed by atoms with Crippen molar-refractivity contribution in [2.75, 3.05) is 12.4 Å². The van der Waals surface area contributed by atoms with Gasteiger partial charge in [0, 0.05) is 10.6 Å². The zero-order valence-electron chi connectivity index (χ0n) is 17.0. The fourth-order valence-corrected chi connectivity index (χ4v) is 4.05. The molecule has 3 rings (SSSR count). The fraction of sp³-hybridized carbons (Fsp3) is 0.125. The molecule has 0 heterocycles. The second-order valence-corrected chi connectivity index (χ2v) is 8.11. The monoisotopic (exact) mass is 494 g/mol. The molecule has 0 spiro atoms. The van der Waals surface area contributed by atoms with Crippen LogP contribution < -0.4 is 9.47 Å². The van der Waals surface area contributed by atoms with E-state index in [1.165, 1.54) is 36.0 Å². The highest BCUT2D eigenvalue weighted by Gasteiger charge is 2.31. The molecule has 0 aliphatic rings. The quantitative estimate of drug-likeness (QED) is 0.327. The maximum Gasteiger partial charge on any atom is 0.573 e. The summed E-state index contributed by atoms with van der Waals surface area (Å²) in [5.41, 5.74) is 2.16. The van der Waals surface area contributed by atoms with Crippen LogP contribution in [0.5, 0.6) is 11.5 Å². The summed E-state index contributed by atoms with van der Waals surface area (Å²) in [7, 11) is 0. The van der Waals surface area contributed by atoms with Gasteiger partial charge in [0.15, 0.2) is 6.61 Å². The summed E-state index contributed by atoms with van der Waals surface area (Å²) in [5, 5.41) is 9.10. The van der Waals surface area contributed by atoms with Crippen molar-refractivity contribution in [2.45, 2.75) is 11.3 Å². The third-order valence-corrected chi connectivity index (χ3v) is 5.68. The molecule has 0 saturated carbocycles. The normalized spacial score (nSPS) is 11.8. The minimum absolute atomic E-state index is 0.297. The molecular formula is C24H18ClF3O4S. The summed E-state index contributed by atoms with van der Waals surface area (Å²) in [6, 6.07) is 20.0. The molecule has 33 heavy (non-hydrogen) atoms. The third kappa shape index (κ3) is 7.76. The van der Waals surface area contributed by atoms with Gasteiger partial charge in [-0.15, -0.1) is 24.9 Å². The molecular weight excluding hydrogens is 477 g/mol. The van der Waals surface area contributed by atoms with Gasteiger partial charge < -0.3 is 14.6 Å². The lowest BCUT2D eigenvalue weighted by molar-refractivity contribution is -0.274. The van der Waals surface area contributed by atoms with E-state index in [1.54, 1.807) is 18.2 Å². The molecule has 0 aliphatic carbocycles. The lowest BCUT2D eigenvalue weighted by atomic mass is 9.98. The number of aliphatic carboxylic acids is 1. The van der Waals surface area contributed by atoms with Crippen molar-refractivity contribution in [2.24, 2.45) is 0 Å². The Bertz CT molecular complexity index is 1130. The van der Waals surface area contributed by atoms with Gasteiger partial charge in [-0.25, -0.2) is 4.79 Å². The number of ether oxygens (including phenoxy) is 2. The van der Waals surface area contributed by atoms with E-state index in [0.29, 0.717) is 22.1 Å². The van der Waals surface area contributed by atoms with Crippen molar-refractivity contribution < 1.29 is 32.5 Å². The first-order chi connectivity index (χ1) is 15.7. The van der Waals surface area contributed by atoms with E-state index < -0.39 is 18.9 Å². The van der Waals surface area contributed by atoms with E-state index >= 15 is 0 Å². The van der Waals surface area contributed by atoms with Crippen molar-refractivity contribution >= 4 is 34.9 Å². The second kappa shape index (κ2) is 11.2. The number of thioether (sulfide) groups is 1. The van der Waals surface area contributed by atoms with Crippen LogP contribution in [-0.2, 0) is 4.79 Å². The van der Waals surface area contributed by atoms with Crippen molar-refractivity contribution in [1.82, 2.24) is 0 Å². The Hall–Kier alpha value is -3.10. The highest BCUT2D eigenvalue weighted by molar-refractivity contribution is 7.99. The maximum atomic E-state index is 12.7. The van der Waals surface area contributed by atoms with E-state index in [9.17, 15) is 18.0 Å². The molecule has 1 N–H and O–H groups in total. The topological polar surface area (TPSA) is 55.8 Å². The average Bonchev–Trinajstić information content (AvgIpc) is 2.76. The van der Waals surface area contributed by atoms with Crippen molar-refractivity contribution in [1.29, 1.82) is 0 Å². The Balaban J connectivity index is 1.81. The first kappa shape index (κ1) is 24.5. The number of halogens is 4. The van der Waals surface area contributed by atoms with Crippen molar-refractivity contribution in [3.8, 4) is 11.5 Å². The SMILES string of the molecule is O=C(O)COc1ccc(SCC=C(c2ccccc2)c2cccc(OC(F)(F)F)c2)c(Cl)c1. The van der Waals surface area contributed by atoms with Gasteiger partial charge in [0.05, 0.1) is 5.02 Å². The summed E-state index contributed by atoms with van der Waals surface area (Å²) >= 11 is 7.70. The van der Waals surface area contributed by atoms with Gasteiger partial charge in [0.2, 0.25) is 0 Å². The predicted octanol–water partition coefficient (Wildman–Crippen LogP) is 6.93. The molecule has 0 saturated heterocycles. The number of rotatable bonds is 9. The Morgan fingerprint density at radius 2 is 1.70 bits per heavy atom. The summed E-state index contributed by atoms with van der Waals surface area (Å²) in [6.07, 6.45) is -2.87. The lowest BCUT2D eigenvalue weighted by Gasteiger charge is -2.13. The van der Waals surface area contributed by atoms with Crippen LogP contribution in [0, 0.1) is 0 Å². The van der Waals surface area contributed by atoms with Gasteiger partial charge in [0.1, 0.15) is 11.5 Å². The van der Waals surface area contributed by atoms with Gasteiger partial charge in [-0.1, -0.05) is 60.1 Å². The standard InChI is InChI=1S/C24H18ClF3O4S/c25-21-14-18(31-15-23(29)30)9-10-22(21)33-12-11-20(16-5-2-1-3-6-16)17-7-4-8-19(13-17)32-24(26,27)28/h1-11,13-14H,12,15H2,(H,29,30). The summed E-state index contributed by atoms with van der Waals surface area (Å²) in [4.78, 5) is 11.4. The minimum Gasteiger partial charge on any atom is -0.482 e. The van der Waals surface area contributed by atoms with Gasteiger partial charge in [-0.2, -0.15) is 0 Å². The van der Waals surface area contributed by atoms with Crippen LogP contribution in [0.3, 0.4) is 0 Å². The number of benzene rings is 3. The fourth-order valence-electron chi connectivity index (χ4n) is 2.93. The molecule has 0 radical (unpaired) electrons. The van der Waals surface area contributed by atoms with Gasteiger partial charge in [-0.3, -0.25) is 0 Å². The highest BCUT2D eigenvalue weighted by Crippen LogP contribution is 2.33. The predicted molar refractivity (Wildman–Crippen MR) is 122 cm³/mol. The molecule has 0 bridgehead atoms. The molecule has 0 amide bonds. The first-order valence-corrected chi connectivity index (χ1v) is 11.0. The summed E-state index contributed by atoms with van der Waals surface area (Å²) < 4.78 is 47.1. The zero-order chi connectivity index (χ0) is 23.8. The molecule has 0 fully saturated rings. The molecule has 172 valence electrons. The van der Waals surface area contributed by atoms with E-state index in [-0.39, 0.29) is 5.75 Å². The molecule has 0 atom stereocenters. The van der Waals surface area contributed by atoms with Crippen LogP contribution in [0.4, 0.5) is 13.2 Å². The minimum atomic E-state index is -4.78. The molecule has 0 aliphatic heterocycles. The highest BCUT2D eigenvalue weighted by atomic mass is 35.5. The molecule has 9 heteroatoms. The average molecular weight is 495 g/mol. The molecule has 3 aromatic carbocycles. The van der Waals surface area contributed by atoms with Gasteiger partial charge in [0.25, 0.3) is 0 Å². The Kier molecular flexibility index (Phi) is 8.30. The number of carboxylic acid groups (broad SMARTS) is 1. The zero-order valence-corrected chi connectivity index (χ0v) is 18.6. The maximum absolute atomic E-state index is 12.7. The second-order valence-electron chi connectivity index (χ2n) is 6.65. The number of alkyl halides is 3. The van der Waals surface area contributed by atoms with Crippen LogP contribution in [-0.4, -0.2) is 29.8 Å². The largest absolute Gasteiger partial charge is 0.573 e. The van der Waals surface area contributed by atoms with Crippen LogP contribution in [0.2, 0.25) is 5.02 Å². The first-order valence-electron chi connectivity index (χ1n) is 9.60. The van der Waals surface area contributed by atoms with E-state index in [2.05, 4.69) is 4.74 Å². The lowest BCUT2D eigenvalue weighted by Crippen LogP contribution is -2.17. The Morgan fingerprint density at radius 1 is 0.970 bits per heavy atom. The smallest absolute Gasteiger partial charge is 0.482 e. The van der Waals surface area contributed by atoms with E-state index in [0.717, 1.165) is 16.0 Å². The Morgan fingerprint density at radius 3 is 2.36 bits per heavy atom. The third-order valence-electron chi connectivity index (χ3n) is 4.26. The van der Waals surface area contributed by atoms with Crippen LogP contribution in [0.15, 0.2) is 83.8 Å². The van der Waals surface area contributed by atoms with Gasteiger partial charge >= 0.3 is 12.3 Å². The summed E-state index contributed by atoms with van der Waals surface area (Å²) in [6.45, 7) is -0.469. The molecule has 0 unspecified atom stereocenters. The Labute approximate surface area is 197 Å². The number of carbonyl (C=O) groups is 1. The van der Waals surface area contributed by atoms with Crippen LogP contribution >= 0.6 is 23.4 Å². The summed E-state index contributed by atoms with van der Waals surface area (Å²) in [5.74, 6) is -0.569. The van der Waals surface area contributed by atoms with Crippen LogP contribution in [0.25, 0.3) is 5.57 Å². The number of hydrogen-bond acceptors (Lipinski definition) is 4. The number of carboxylic acids is 1. The van der Waals surface area contributed by atoms with Crippen molar-refractivity contribution in [3.05, 3.63) is 95.0 Å². The molecule has 3 aromatic rings. The molecule has 4 nitrogen and oxygen atoms in total.